The fourth-order valence-corrected chi connectivity index (χ4v) is 4.45. The highest BCUT2D eigenvalue weighted by molar-refractivity contribution is 5.95. The standard InChI is InChI=1S/C30H37NO/c1-2-3-4-5-9-18-26(23-25-16-10-6-11-17-25)24-29(27-19-12-7-13-20-27)30(32)31-28-21-14-8-15-22-28/h6-8,10-17,19-22,26,29H,2-5,9,18,23-24H2,1H3,(H,31,32). The van der Waals surface area contributed by atoms with Gasteiger partial charge in [0, 0.05) is 5.69 Å². The van der Waals surface area contributed by atoms with E-state index in [1.807, 2.05) is 48.5 Å². The van der Waals surface area contributed by atoms with E-state index in [-0.39, 0.29) is 11.8 Å². The summed E-state index contributed by atoms with van der Waals surface area (Å²) < 4.78 is 0. The summed E-state index contributed by atoms with van der Waals surface area (Å²) >= 11 is 0. The zero-order chi connectivity index (χ0) is 22.4. The summed E-state index contributed by atoms with van der Waals surface area (Å²) in [5.41, 5.74) is 3.32. The molecule has 1 N–H and O–H groups in total. The molecule has 2 nitrogen and oxygen atoms in total. The second-order valence-electron chi connectivity index (χ2n) is 8.81. The number of anilines is 1. The Labute approximate surface area is 194 Å². The van der Waals surface area contributed by atoms with Crippen LogP contribution in [0.1, 0.15) is 68.9 Å². The van der Waals surface area contributed by atoms with Crippen LogP contribution < -0.4 is 5.32 Å². The van der Waals surface area contributed by atoms with Gasteiger partial charge in [0.2, 0.25) is 5.91 Å². The van der Waals surface area contributed by atoms with Crippen LogP contribution in [0, 0.1) is 5.92 Å². The lowest BCUT2D eigenvalue weighted by Gasteiger charge is -2.24. The number of carbonyl (C=O) groups is 1. The Hall–Kier alpha value is -2.87. The fraction of sp³-hybridized carbons (Fsp3) is 0.367. The van der Waals surface area contributed by atoms with Crippen LogP contribution in [0.25, 0.3) is 0 Å². The van der Waals surface area contributed by atoms with E-state index in [9.17, 15) is 4.79 Å². The third-order valence-electron chi connectivity index (χ3n) is 6.21. The molecule has 0 radical (unpaired) electrons. The highest BCUT2D eigenvalue weighted by Crippen LogP contribution is 2.30. The summed E-state index contributed by atoms with van der Waals surface area (Å²) in [5.74, 6) is 0.415. The molecular formula is C30H37NO. The molecule has 168 valence electrons. The predicted octanol–water partition coefficient (Wildman–Crippen LogP) is 8.02. The SMILES string of the molecule is CCCCCCCC(Cc1ccccc1)CC(C(=O)Nc1ccccc1)c1ccccc1. The molecule has 2 atom stereocenters. The molecule has 1 amide bonds. The van der Waals surface area contributed by atoms with Crippen molar-refractivity contribution in [1.29, 1.82) is 0 Å². The van der Waals surface area contributed by atoms with Crippen molar-refractivity contribution < 1.29 is 4.79 Å². The fourth-order valence-electron chi connectivity index (χ4n) is 4.45. The van der Waals surface area contributed by atoms with Gasteiger partial charge in [-0.25, -0.2) is 0 Å². The molecule has 0 saturated carbocycles. The topological polar surface area (TPSA) is 29.1 Å². The van der Waals surface area contributed by atoms with E-state index in [4.69, 9.17) is 0 Å². The van der Waals surface area contributed by atoms with E-state index in [2.05, 4.69) is 54.7 Å². The molecular weight excluding hydrogens is 390 g/mol. The average Bonchev–Trinajstić information content (AvgIpc) is 2.84. The summed E-state index contributed by atoms with van der Waals surface area (Å²) in [6.45, 7) is 2.26. The molecule has 0 bridgehead atoms. The van der Waals surface area contributed by atoms with Gasteiger partial charge in [-0.2, -0.15) is 0 Å². The second-order valence-corrected chi connectivity index (χ2v) is 8.81. The van der Waals surface area contributed by atoms with Gasteiger partial charge >= 0.3 is 0 Å². The number of amides is 1. The minimum absolute atomic E-state index is 0.0893. The van der Waals surface area contributed by atoms with Crippen LogP contribution in [0.15, 0.2) is 91.0 Å². The molecule has 0 spiro atoms. The molecule has 0 aliphatic carbocycles. The minimum atomic E-state index is -0.152. The molecule has 2 heteroatoms. The van der Waals surface area contributed by atoms with Crippen molar-refractivity contribution in [2.75, 3.05) is 5.32 Å². The van der Waals surface area contributed by atoms with Gasteiger partial charge in [-0.3, -0.25) is 4.79 Å². The maximum Gasteiger partial charge on any atom is 0.231 e. The largest absolute Gasteiger partial charge is 0.326 e. The quantitative estimate of drug-likeness (QED) is 0.275. The first-order valence-corrected chi connectivity index (χ1v) is 12.2. The average molecular weight is 428 g/mol. The first-order chi connectivity index (χ1) is 15.8. The first kappa shape index (κ1) is 23.8. The number of hydrogen-bond donors (Lipinski definition) is 1. The van der Waals surface area contributed by atoms with Crippen molar-refractivity contribution >= 4 is 11.6 Å². The summed E-state index contributed by atoms with van der Waals surface area (Å²) in [4.78, 5) is 13.4. The molecule has 0 saturated heterocycles. The summed E-state index contributed by atoms with van der Waals surface area (Å²) in [6, 6.07) is 30.8. The maximum atomic E-state index is 13.4. The van der Waals surface area contributed by atoms with E-state index in [1.54, 1.807) is 0 Å². The smallest absolute Gasteiger partial charge is 0.231 e. The van der Waals surface area contributed by atoms with Crippen LogP contribution in [0.3, 0.4) is 0 Å². The number of carbonyl (C=O) groups excluding carboxylic acids is 1. The van der Waals surface area contributed by atoms with E-state index >= 15 is 0 Å². The Morgan fingerprint density at radius 3 is 2.00 bits per heavy atom. The molecule has 0 fully saturated rings. The number of rotatable bonds is 13. The second kappa shape index (κ2) is 13.5. The van der Waals surface area contributed by atoms with Gasteiger partial charge < -0.3 is 5.32 Å². The van der Waals surface area contributed by atoms with Crippen LogP contribution >= 0.6 is 0 Å². The summed E-state index contributed by atoms with van der Waals surface area (Å²) in [7, 11) is 0. The van der Waals surface area contributed by atoms with Crippen molar-refractivity contribution in [3.63, 3.8) is 0 Å². The van der Waals surface area contributed by atoms with E-state index in [0.717, 1.165) is 24.1 Å². The predicted molar refractivity (Wildman–Crippen MR) is 136 cm³/mol. The molecule has 3 aromatic rings. The summed E-state index contributed by atoms with van der Waals surface area (Å²) in [5, 5.41) is 3.15. The molecule has 0 aliphatic heterocycles. The Morgan fingerprint density at radius 1 is 0.750 bits per heavy atom. The van der Waals surface area contributed by atoms with Crippen LogP contribution in [0.2, 0.25) is 0 Å². The van der Waals surface area contributed by atoms with Gasteiger partial charge in [0.1, 0.15) is 0 Å². The van der Waals surface area contributed by atoms with Crippen molar-refractivity contribution in [2.24, 2.45) is 5.92 Å². The van der Waals surface area contributed by atoms with Crippen molar-refractivity contribution in [1.82, 2.24) is 0 Å². The number of unbranched alkanes of at least 4 members (excludes halogenated alkanes) is 4. The number of hydrogen-bond acceptors (Lipinski definition) is 1. The Morgan fingerprint density at radius 2 is 1.34 bits per heavy atom. The van der Waals surface area contributed by atoms with Crippen LogP contribution in [0.5, 0.6) is 0 Å². The van der Waals surface area contributed by atoms with Crippen LogP contribution in [-0.4, -0.2) is 5.91 Å². The Kier molecular flexibility index (Phi) is 10.1. The Bertz CT molecular complexity index is 892. The van der Waals surface area contributed by atoms with Crippen molar-refractivity contribution in [3.8, 4) is 0 Å². The number of benzene rings is 3. The zero-order valence-corrected chi connectivity index (χ0v) is 19.4. The van der Waals surface area contributed by atoms with Crippen LogP contribution in [-0.2, 0) is 11.2 Å². The molecule has 0 aromatic heterocycles. The lowest BCUT2D eigenvalue weighted by Crippen LogP contribution is -2.24. The number of nitrogens with one attached hydrogen (secondary N) is 1. The van der Waals surface area contributed by atoms with Gasteiger partial charge in [0.05, 0.1) is 5.92 Å². The van der Waals surface area contributed by atoms with E-state index in [0.29, 0.717) is 5.92 Å². The number of para-hydroxylation sites is 1. The van der Waals surface area contributed by atoms with Gasteiger partial charge in [0.25, 0.3) is 0 Å². The molecule has 32 heavy (non-hydrogen) atoms. The first-order valence-electron chi connectivity index (χ1n) is 12.2. The zero-order valence-electron chi connectivity index (χ0n) is 19.4. The lowest BCUT2D eigenvalue weighted by atomic mass is 9.82. The van der Waals surface area contributed by atoms with E-state index < -0.39 is 0 Å². The van der Waals surface area contributed by atoms with Gasteiger partial charge in [-0.15, -0.1) is 0 Å². The third kappa shape index (κ3) is 8.00. The van der Waals surface area contributed by atoms with Gasteiger partial charge in [-0.1, -0.05) is 124 Å². The highest BCUT2D eigenvalue weighted by atomic mass is 16.1. The molecule has 3 rings (SSSR count). The molecule has 3 aromatic carbocycles. The lowest BCUT2D eigenvalue weighted by molar-refractivity contribution is -0.118. The maximum absolute atomic E-state index is 13.4. The molecule has 0 aliphatic rings. The van der Waals surface area contributed by atoms with Crippen molar-refractivity contribution in [2.45, 2.75) is 64.2 Å². The monoisotopic (exact) mass is 427 g/mol. The van der Waals surface area contributed by atoms with Gasteiger partial charge in [0.15, 0.2) is 0 Å². The highest BCUT2D eigenvalue weighted by Gasteiger charge is 2.25. The van der Waals surface area contributed by atoms with E-state index in [1.165, 1.54) is 44.1 Å². The Balaban J connectivity index is 1.75. The molecule has 2 unspecified atom stereocenters. The third-order valence-corrected chi connectivity index (χ3v) is 6.21. The van der Waals surface area contributed by atoms with Crippen molar-refractivity contribution in [3.05, 3.63) is 102 Å². The molecule has 0 heterocycles. The normalized spacial score (nSPS) is 12.8. The summed E-state index contributed by atoms with van der Waals surface area (Å²) in [6.07, 6.45) is 9.47. The minimum Gasteiger partial charge on any atom is -0.326 e. The van der Waals surface area contributed by atoms with Gasteiger partial charge in [-0.05, 0) is 42.0 Å². The van der Waals surface area contributed by atoms with Crippen LogP contribution in [0.4, 0.5) is 5.69 Å².